The van der Waals surface area contributed by atoms with Gasteiger partial charge in [-0.05, 0) is 0 Å². The van der Waals surface area contributed by atoms with Crippen LogP contribution in [0.25, 0.3) is 0 Å². The van der Waals surface area contributed by atoms with Crippen molar-refractivity contribution < 1.29 is 168 Å². The number of allylic oxidation sites excluding steroid dienone is 2. The molecule has 0 saturated heterocycles. The molecule has 80 valence electrons. The van der Waals surface area contributed by atoms with Gasteiger partial charge in [0.2, 0.25) is 0 Å². The van der Waals surface area contributed by atoms with Crippen LogP contribution in [0, 0.1) is 0 Å². The Balaban J connectivity index is -0.0000000287. The first kappa shape index (κ1) is 32.3. The quantitative estimate of drug-likeness (QED) is 0.342. The summed E-state index contributed by atoms with van der Waals surface area (Å²) in [5.41, 5.74) is 0. The molecule has 14 heavy (non-hydrogen) atoms. The van der Waals surface area contributed by atoms with Crippen LogP contribution >= 0.6 is 0 Å². The fourth-order valence-electron chi connectivity index (χ4n) is 0.0680. The van der Waals surface area contributed by atoms with Crippen LogP contribution in [0.1, 0.15) is 0 Å². The second-order valence-corrected chi connectivity index (χ2v) is 2.26. The van der Waals surface area contributed by atoms with Gasteiger partial charge in [-0.2, -0.15) is 0 Å². The SMILES string of the molecule is [W]=[C-]/C=C/[C-]=[W].[W]=[W].[W]=[W].[W]=[W].[W]=[W]. The predicted molar refractivity (Wildman–Crippen MR) is 19.2 cm³/mol. The van der Waals surface area contributed by atoms with Crippen molar-refractivity contribution in [2.75, 3.05) is 0 Å². The van der Waals surface area contributed by atoms with E-state index in [9.17, 15) is 0 Å². The second kappa shape index (κ2) is 60.8. The summed E-state index contributed by atoms with van der Waals surface area (Å²) in [7, 11) is 0. The maximum absolute atomic E-state index is 2.92. The standard InChI is InChI=1S/C4H2.10W/c1-3-4-2;;;;;;;;;;/h3-4H;;;;;;;;;;/q-2;;;;;;;;;;/b4-3+;;;;;;;;;;. The Hall–Kier alpha value is 6.36. The van der Waals surface area contributed by atoms with Gasteiger partial charge >= 0.3 is 189 Å². The van der Waals surface area contributed by atoms with Gasteiger partial charge in [0.1, 0.15) is 0 Å². The molecule has 0 aromatic rings. The molecule has 0 aromatic heterocycles. The first-order valence-corrected chi connectivity index (χ1v) is 48.9. The van der Waals surface area contributed by atoms with E-state index in [1.165, 1.54) is 38.7 Å². The van der Waals surface area contributed by atoms with Crippen LogP contribution in [-0.4, -0.2) is 8.80 Å². The molecule has 0 spiro atoms. The van der Waals surface area contributed by atoms with Crippen molar-refractivity contribution in [1.82, 2.24) is 0 Å². The van der Waals surface area contributed by atoms with Gasteiger partial charge in [0.05, 0.1) is 0 Å². The van der Waals surface area contributed by atoms with E-state index < -0.39 is 0 Å². The normalized spacial score (nSPS) is 4.86. The van der Waals surface area contributed by atoms with E-state index in [0.717, 1.165) is 0 Å². The zero-order valence-electron chi connectivity index (χ0n) is 6.24. The molecule has 0 N–H and O–H groups in total. The summed E-state index contributed by atoms with van der Waals surface area (Å²) >= 11 is 16.1. The monoisotopic (exact) mass is 1890 g/mol. The zero-order chi connectivity index (χ0) is 12.8. The van der Waals surface area contributed by atoms with E-state index in [-0.39, 0.29) is 0 Å². The van der Waals surface area contributed by atoms with Crippen LogP contribution in [0.2, 0.25) is 0 Å². The molecule has 0 unspecified atom stereocenters. The number of hydrogen-bond donors (Lipinski definition) is 0. The van der Waals surface area contributed by atoms with Crippen molar-refractivity contribution >= 4 is 8.80 Å². The molecule has 0 heterocycles. The summed E-state index contributed by atoms with van der Waals surface area (Å²) in [6.07, 6.45) is 3.75. The van der Waals surface area contributed by atoms with Crippen LogP contribution < -0.4 is 0 Å². The molecule has 10 heteroatoms. The van der Waals surface area contributed by atoms with Gasteiger partial charge in [0.15, 0.2) is 0 Å². The zero-order valence-corrected chi connectivity index (χ0v) is 35.6. The van der Waals surface area contributed by atoms with E-state index in [4.69, 9.17) is 0 Å². The average Bonchev–Trinajstić information content (AvgIpc) is 2.36. The summed E-state index contributed by atoms with van der Waals surface area (Å²) < 4.78 is 5.84. The van der Waals surface area contributed by atoms with E-state index in [1.807, 2.05) is 12.2 Å². The first-order valence-electron chi connectivity index (χ1n) is 1.99. The molecule has 0 bridgehead atoms. The fraction of sp³-hybridized carbons (Fsp3) is 0. The van der Waals surface area contributed by atoms with Crippen molar-refractivity contribution in [3.8, 4) is 0 Å². The van der Waals surface area contributed by atoms with Crippen molar-refractivity contribution in [3.05, 3.63) is 12.2 Å². The van der Waals surface area contributed by atoms with E-state index in [2.05, 4.69) is 8.80 Å². The summed E-state index contributed by atoms with van der Waals surface area (Å²) in [6.45, 7) is 0. The van der Waals surface area contributed by atoms with Crippen LogP contribution in [-0.2, 0) is 168 Å². The Kier molecular flexibility index (Phi) is 140. The van der Waals surface area contributed by atoms with Gasteiger partial charge in [0, 0.05) is 0 Å². The van der Waals surface area contributed by atoms with Gasteiger partial charge in [-0.1, -0.05) is 0 Å². The molecule has 0 aromatic carbocycles. The van der Waals surface area contributed by atoms with Gasteiger partial charge in [0.25, 0.3) is 0 Å². The van der Waals surface area contributed by atoms with Gasteiger partial charge < -0.3 is 0 Å². The van der Waals surface area contributed by atoms with Crippen LogP contribution in [0.4, 0.5) is 0 Å². The number of hydrogen-bond acceptors (Lipinski definition) is 0. The van der Waals surface area contributed by atoms with Crippen LogP contribution in [0.15, 0.2) is 12.2 Å². The van der Waals surface area contributed by atoms with Gasteiger partial charge in [-0.25, -0.2) is 0 Å². The van der Waals surface area contributed by atoms with Gasteiger partial charge in [-0.15, -0.1) is 0 Å². The molecule has 0 saturated carbocycles. The summed E-state index contributed by atoms with van der Waals surface area (Å²) in [4.78, 5) is 0. The number of rotatable bonds is 2. The van der Waals surface area contributed by atoms with Crippen molar-refractivity contribution in [3.63, 3.8) is 0 Å². The topological polar surface area (TPSA) is 0 Å². The molecule has 0 aliphatic heterocycles. The second-order valence-electron chi connectivity index (χ2n) is 0.569. The molecular weight excluding hydrogens is 1890 g/mol. The average molecular weight is 1890 g/mol. The Labute approximate surface area is 184 Å². The van der Waals surface area contributed by atoms with Crippen molar-refractivity contribution in [2.45, 2.75) is 0 Å². The summed E-state index contributed by atoms with van der Waals surface area (Å²) in [5.74, 6) is 0. The third-order valence-electron chi connectivity index (χ3n) is 0.219. The summed E-state index contributed by atoms with van der Waals surface area (Å²) in [6, 6.07) is 0. The molecule has 0 rings (SSSR count). The third-order valence-corrected chi connectivity index (χ3v) is 1.20. The van der Waals surface area contributed by atoms with E-state index in [0.29, 0.717) is 0 Å². The van der Waals surface area contributed by atoms with Crippen molar-refractivity contribution in [2.24, 2.45) is 0 Å². The molecule has 0 fully saturated rings. The Bertz CT molecular complexity index is 103. The molecule has 0 aliphatic rings. The minimum atomic E-state index is 1.37. The molecule has 0 aliphatic carbocycles. The molecule has 0 nitrogen and oxygen atoms in total. The van der Waals surface area contributed by atoms with Gasteiger partial charge in [-0.3, -0.25) is 0 Å². The Morgan fingerprint density at radius 2 is 0.643 bits per heavy atom. The third kappa shape index (κ3) is 63.1. The van der Waals surface area contributed by atoms with E-state index in [1.54, 1.807) is 130 Å². The Morgan fingerprint density at radius 1 is 0.500 bits per heavy atom. The molecule has 0 atom stereocenters. The van der Waals surface area contributed by atoms with Crippen LogP contribution in [0.5, 0.6) is 0 Å². The van der Waals surface area contributed by atoms with E-state index >= 15 is 0 Å². The first-order chi connectivity index (χ1) is 6.91. The Morgan fingerprint density at radius 3 is 0.714 bits per heavy atom. The molecule has 0 amide bonds. The van der Waals surface area contributed by atoms with Crippen LogP contribution in [0.3, 0.4) is 0 Å². The minimum absolute atomic E-state index is 1.37. The van der Waals surface area contributed by atoms with Crippen molar-refractivity contribution in [1.29, 1.82) is 0 Å². The summed E-state index contributed by atoms with van der Waals surface area (Å²) in [5, 5.41) is 0. The molecule has 0 radical (unpaired) electrons. The fourth-order valence-corrected chi connectivity index (χ4v) is 0.557. The predicted octanol–water partition coefficient (Wildman–Crippen LogP) is -0.0254. The molecular formula is C4H2W10-2. The maximum atomic E-state index is 2.92.